The summed E-state index contributed by atoms with van der Waals surface area (Å²) < 4.78 is 0. The third-order valence-electron chi connectivity index (χ3n) is 3.42. The smallest absolute Gasteiger partial charge is 0.123 e. The number of rotatable bonds is 3. The topological polar surface area (TPSA) is 49.0 Å². The third-order valence-corrected chi connectivity index (χ3v) is 3.42. The lowest BCUT2D eigenvalue weighted by atomic mass is 10.3. The van der Waals surface area contributed by atoms with E-state index in [-0.39, 0.29) is 0 Å². The lowest BCUT2D eigenvalue weighted by Gasteiger charge is -2.16. The number of hydrogen-bond acceptors (Lipinski definition) is 3. The van der Waals surface area contributed by atoms with Gasteiger partial charge in [-0.15, -0.1) is 0 Å². The number of carbonyl (C=O) groups excluding carboxylic acids is 1. The Morgan fingerprint density at radius 1 is 1.57 bits per heavy atom. The molecule has 0 amide bonds. The summed E-state index contributed by atoms with van der Waals surface area (Å²) in [5, 5.41) is 0. The van der Waals surface area contributed by atoms with Gasteiger partial charge in [0.1, 0.15) is 12.1 Å². The van der Waals surface area contributed by atoms with Gasteiger partial charge in [-0.1, -0.05) is 0 Å². The average Bonchev–Trinajstić information content (AvgIpc) is 2.63. The highest BCUT2D eigenvalue weighted by molar-refractivity contribution is 5.60. The van der Waals surface area contributed by atoms with E-state index in [1.807, 2.05) is 6.20 Å². The standard InChI is InChI=1S/C10H13N3O/c14-6-9-7-3-13(4-8(7)9)5-10-11-1-2-12-10/h1-2,6-9H,3-5H2,(H,11,12). The van der Waals surface area contributed by atoms with Gasteiger partial charge in [-0.3, -0.25) is 4.90 Å². The minimum atomic E-state index is 0.364. The molecular weight excluding hydrogens is 178 g/mol. The first-order valence-corrected chi connectivity index (χ1v) is 5.04. The van der Waals surface area contributed by atoms with Crippen LogP contribution in [0.4, 0.5) is 0 Å². The van der Waals surface area contributed by atoms with Gasteiger partial charge in [0.2, 0.25) is 0 Å². The number of H-pyrrole nitrogens is 1. The van der Waals surface area contributed by atoms with Crippen molar-refractivity contribution in [2.45, 2.75) is 6.54 Å². The van der Waals surface area contributed by atoms with Gasteiger partial charge in [-0.05, 0) is 11.8 Å². The monoisotopic (exact) mass is 191 g/mol. The lowest BCUT2D eigenvalue weighted by molar-refractivity contribution is -0.109. The van der Waals surface area contributed by atoms with Gasteiger partial charge in [-0.25, -0.2) is 4.98 Å². The number of nitrogens with one attached hydrogen (secondary N) is 1. The highest BCUT2D eigenvalue weighted by Gasteiger charge is 2.55. The van der Waals surface area contributed by atoms with Crippen LogP contribution >= 0.6 is 0 Å². The van der Waals surface area contributed by atoms with E-state index in [4.69, 9.17) is 0 Å². The Labute approximate surface area is 82.3 Å². The fraction of sp³-hybridized carbons (Fsp3) is 0.600. The number of fused-ring (bicyclic) bond motifs is 1. The van der Waals surface area contributed by atoms with Crippen LogP contribution in [0.2, 0.25) is 0 Å². The molecule has 2 heterocycles. The molecule has 0 bridgehead atoms. The summed E-state index contributed by atoms with van der Waals surface area (Å²) in [6, 6.07) is 0. The van der Waals surface area contributed by atoms with Gasteiger partial charge >= 0.3 is 0 Å². The molecule has 3 rings (SSSR count). The third kappa shape index (κ3) is 1.18. The number of aromatic nitrogens is 2. The Kier molecular flexibility index (Phi) is 1.70. The van der Waals surface area contributed by atoms with E-state index in [0.717, 1.165) is 31.7 Å². The predicted octanol–water partition coefficient (Wildman–Crippen LogP) is 0.286. The minimum absolute atomic E-state index is 0.364. The molecule has 0 spiro atoms. The van der Waals surface area contributed by atoms with Crippen LogP contribution < -0.4 is 0 Å². The van der Waals surface area contributed by atoms with Crippen molar-refractivity contribution >= 4 is 6.29 Å². The quantitative estimate of drug-likeness (QED) is 0.698. The molecule has 1 N–H and O–H groups in total. The molecule has 2 aliphatic rings. The molecule has 1 aliphatic carbocycles. The van der Waals surface area contributed by atoms with Crippen molar-refractivity contribution in [1.29, 1.82) is 0 Å². The number of nitrogens with zero attached hydrogens (tertiary/aromatic N) is 2. The van der Waals surface area contributed by atoms with Crippen LogP contribution in [0.15, 0.2) is 12.4 Å². The first-order chi connectivity index (χ1) is 6.88. The zero-order valence-electron chi connectivity index (χ0n) is 7.89. The van der Waals surface area contributed by atoms with Crippen molar-refractivity contribution < 1.29 is 4.79 Å². The van der Waals surface area contributed by atoms with Gasteiger partial charge < -0.3 is 9.78 Å². The number of aromatic amines is 1. The van der Waals surface area contributed by atoms with Crippen LogP contribution in [0.25, 0.3) is 0 Å². The van der Waals surface area contributed by atoms with E-state index < -0.39 is 0 Å². The molecule has 74 valence electrons. The molecule has 2 unspecified atom stereocenters. The normalized spacial score (nSPS) is 35.6. The number of aldehydes is 1. The summed E-state index contributed by atoms with van der Waals surface area (Å²) in [5.41, 5.74) is 0. The second kappa shape index (κ2) is 2.92. The second-order valence-corrected chi connectivity index (χ2v) is 4.27. The largest absolute Gasteiger partial charge is 0.348 e. The van der Waals surface area contributed by atoms with Crippen LogP contribution in [-0.2, 0) is 11.3 Å². The zero-order chi connectivity index (χ0) is 9.54. The number of hydrogen-bond donors (Lipinski definition) is 1. The van der Waals surface area contributed by atoms with Gasteiger partial charge in [0.15, 0.2) is 0 Å². The number of piperidine rings is 1. The van der Waals surface area contributed by atoms with E-state index >= 15 is 0 Å². The average molecular weight is 191 g/mol. The fourth-order valence-corrected chi connectivity index (χ4v) is 2.59. The number of imidazole rings is 1. The fourth-order valence-electron chi connectivity index (χ4n) is 2.59. The van der Waals surface area contributed by atoms with Gasteiger partial charge in [-0.2, -0.15) is 0 Å². The highest BCUT2D eigenvalue weighted by atomic mass is 16.1. The maximum atomic E-state index is 10.6. The molecule has 4 nitrogen and oxygen atoms in total. The summed E-state index contributed by atoms with van der Waals surface area (Å²) in [6.07, 6.45) is 4.75. The van der Waals surface area contributed by atoms with Crippen molar-refractivity contribution in [2.75, 3.05) is 13.1 Å². The molecule has 2 atom stereocenters. The van der Waals surface area contributed by atoms with E-state index in [1.54, 1.807) is 6.20 Å². The molecule has 4 heteroatoms. The van der Waals surface area contributed by atoms with Crippen molar-refractivity contribution in [3.05, 3.63) is 18.2 Å². The van der Waals surface area contributed by atoms with Crippen LogP contribution in [0.5, 0.6) is 0 Å². The maximum Gasteiger partial charge on any atom is 0.123 e. The number of likely N-dealkylation sites (tertiary alicyclic amines) is 1. The maximum absolute atomic E-state index is 10.6. The van der Waals surface area contributed by atoms with Crippen molar-refractivity contribution in [3.63, 3.8) is 0 Å². The van der Waals surface area contributed by atoms with Gasteiger partial charge in [0.25, 0.3) is 0 Å². The Balaban J connectivity index is 1.57. The van der Waals surface area contributed by atoms with Crippen LogP contribution in [0, 0.1) is 17.8 Å². The Morgan fingerprint density at radius 2 is 2.36 bits per heavy atom. The molecule has 1 aliphatic heterocycles. The summed E-state index contributed by atoms with van der Waals surface area (Å²) >= 11 is 0. The lowest BCUT2D eigenvalue weighted by Crippen LogP contribution is -2.24. The van der Waals surface area contributed by atoms with E-state index in [2.05, 4.69) is 14.9 Å². The molecule has 1 aromatic heterocycles. The zero-order valence-corrected chi connectivity index (χ0v) is 7.89. The first kappa shape index (κ1) is 8.17. The highest BCUT2D eigenvalue weighted by Crippen LogP contribution is 2.50. The molecule has 14 heavy (non-hydrogen) atoms. The molecule has 1 aromatic rings. The van der Waals surface area contributed by atoms with Crippen molar-refractivity contribution in [3.8, 4) is 0 Å². The first-order valence-electron chi connectivity index (χ1n) is 5.04. The Hall–Kier alpha value is -1.16. The van der Waals surface area contributed by atoms with Crippen LogP contribution in [0.1, 0.15) is 5.82 Å². The van der Waals surface area contributed by atoms with E-state index in [0.29, 0.717) is 17.8 Å². The van der Waals surface area contributed by atoms with Gasteiger partial charge in [0, 0.05) is 31.4 Å². The molecule has 0 radical (unpaired) electrons. The van der Waals surface area contributed by atoms with Crippen molar-refractivity contribution in [1.82, 2.24) is 14.9 Å². The predicted molar refractivity (Wildman–Crippen MR) is 50.4 cm³/mol. The molecule has 2 fully saturated rings. The van der Waals surface area contributed by atoms with Crippen LogP contribution in [0.3, 0.4) is 0 Å². The molecular formula is C10H13N3O. The van der Waals surface area contributed by atoms with Gasteiger partial charge in [0.05, 0.1) is 6.54 Å². The van der Waals surface area contributed by atoms with Crippen LogP contribution in [-0.4, -0.2) is 34.2 Å². The summed E-state index contributed by atoms with van der Waals surface area (Å²) in [4.78, 5) is 20.2. The minimum Gasteiger partial charge on any atom is -0.348 e. The SMILES string of the molecule is O=CC1C2CN(Cc3ncc[nH]3)CC12. The Bertz CT molecular complexity index is 323. The molecule has 0 aromatic carbocycles. The number of carbonyl (C=O) groups is 1. The second-order valence-electron chi connectivity index (χ2n) is 4.27. The Morgan fingerprint density at radius 3 is 2.93 bits per heavy atom. The summed E-state index contributed by atoms with van der Waals surface area (Å²) in [7, 11) is 0. The molecule has 1 saturated carbocycles. The van der Waals surface area contributed by atoms with Crippen molar-refractivity contribution in [2.24, 2.45) is 17.8 Å². The van der Waals surface area contributed by atoms with E-state index in [9.17, 15) is 4.79 Å². The summed E-state index contributed by atoms with van der Waals surface area (Å²) in [5.74, 6) is 2.67. The summed E-state index contributed by atoms with van der Waals surface area (Å²) in [6.45, 7) is 3.02. The molecule has 1 saturated heterocycles. The van der Waals surface area contributed by atoms with E-state index in [1.165, 1.54) is 0 Å².